The second-order valence-corrected chi connectivity index (χ2v) is 6.97. The van der Waals surface area contributed by atoms with E-state index in [1.165, 1.54) is 40.0 Å². The number of nitrogens with two attached hydrogens (primary N) is 1. The lowest BCUT2D eigenvalue weighted by molar-refractivity contribution is 0.0794. The van der Waals surface area contributed by atoms with Gasteiger partial charge in [-0.25, -0.2) is 9.18 Å². The molecule has 10 heteroatoms. The molecule has 3 rings (SSSR count). The minimum absolute atomic E-state index is 0.117. The summed E-state index contributed by atoms with van der Waals surface area (Å²) >= 11 is 0. The number of hydrogen-bond donors (Lipinski definition) is 2. The van der Waals surface area contributed by atoms with Gasteiger partial charge in [0.1, 0.15) is 18.0 Å². The standard InChI is InChI=1S/C21H21FN6O3/c1-2-3-10-31-21(30)27-9-8-18(14(11-23)12-27)28-13-17(19(24)29)20(26-28)25-16-6-4-15(22)5-7-16/h1,4-7,13-14,18H,3,8-10,12H2,(H2,24,29)(H,25,26)/t14-,18-/m0/s1. The molecule has 0 bridgehead atoms. The van der Waals surface area contributed by atoms with Crippen LogP contribution < -0.4 is 11.1 Å². The van der Waals surface area contributed by atoms with E-state index < -0.39 is 23.7 Å². The maximum absolute atomic E-state index is 13.1. The van der Waals surface area contributed by atoms with Crippen molar-refractivity contribution in [3.63, 3.8) is 0 Å². The molecule has 0 unspecified atom stereocenters. The SMILES string of the molecule is C#CCCOC(=O)N1CC[C@H](n2cc(C(N)=O)c(Nc3ccc(F)cc3)n2)[C@@H](C#N)C1. The third kappa shape index (κ3) is 5.11. The number of nitrogens with one attached hydrogen (secondary N) is 1. The lowest BCUT2D eigenvalue weighted by Gasteiger charge is -2.34. The van der Waals surface area contributed by atoms with Crippen LogP contribution in [0, 0.1) is 35.4 Å². The summed E-state index contributed by atoms with van der Waals surface area (Å²) < 4.78 is 19.8. The molecular formula is C21H21FN6O3. The van der Waals surface area contributed by atoms with Crippen LogP contribution in [0.25, 0.3) is 0 Å². The van der Waals surface area contributed by atoms with Crippen molar-refractivity contribution in [2.24, 2.45) is 11.7 Å². The van der Waals surface area contributed by atoms with E-state index in [0.717, 1.165) is 0 Å². The summed E-state index contributed by atoms with van der Waals surface area (Å²) in [4.78, 5) is 25.5. The zero-order valence-electron chi connectivity index (χ0n) is 16.6. The molecular weight excluding hydrogens is 403 g/mol. The number of aromatic nitrogens is 2. The van der Waals surface area contributed by atoms with Gasteiger partial charge in [0.05, 0.1) is 18.0 Å². The molecule has 0 saturated carbocycles. The van der Waals surface area contributed by atoms with E-state index in [1.807, 2.05) is 0 Å². The van der Waals surface area contributed by atoms with Gasteiger partial charge in [0, 0.05) is 31.4 Å². The highest BCUT2D eigenvalue weighted by atomic mass is 19.1. The molecule has 1 aliphatic rings. The number of piperidine rings is 1. The first-order valence-electron chi connectivity index (χ1n) is 9.59. The molecule has 1 aliphatic heterocycles. The molecule has 9 nitrogen and oxygen atoms in total. The summed E-state index contributed by atoms with van der Waals surface area (Å²) in [5.74, 6) is 0.923. The first-order chi connectivity index (χ1) is 14.9. The maximum atomic E-state index is 13.1. The van der Waals surface area contributed by atoms with Crippen LogP contribution in [0.5, 0.6) is 0 Å². The van der Waals surface area contributed by atoms with E-state index in [0.29, 0.717) is 25.1 Å². The number of anilines is 2. The highest BCUT2D eigenvalue weighted by Gasteiger charge is 2.34. The van der Waals surface area contributed by atoms with E-state index in [2.05, 4.69) is 22.4 Å². The monoisotopic (exact) mass is 424 g/mol. The number of carbonyl (C=O) groups excluding carboxylic acids is 2. The normalized spacial score (nSPS) is 18.0. The molecule has 0 radical (unpaired) electrons. The fourth-order valence-electron chi connectivity index (χ4n) is 3.34. The zero-order valence-corrected chi connectivity index (χ0v) is 16.6. The Morgan fingerprint density at radius 2 is 2.13 bits per heavy atom. The van der Waals surface area contributed by atoms with Crippen LogP contribution in [0.3, 0.4) is 0 Å². The van der Waals surface area contributed by atoms with Crippen LogP contribution in [-0.2, 0) is 4.74 Å². The molecule has 3 N–H and O–H groups in total. The summed E-state index contributed by atoms with van der Waals surface area (Å²) in [5.41, 5.74) is 6.14. The van der Waals surface area contributed by atoms with Gasteiger partial charge in [0.15, 0.2) is 5.82 Å². The van der Waals surface area contributed by atoms with Gasteiger partial charge in [-0.3, -0.25) is 9.48 Å². The van der Waals surface area contributed by atoms with Gasteiger partial charge in [0.25, 0.3) is 5.91 Å². The summed E-state index contributed by atoms with van der Waals surface area (Å²) in [6.45, 7) is 0.624. The first-order valence-corrected chi connectivity index (χ1v) is 9.59. The molecule has 160 valence electrons. The minimum atomic E-state index is -0.695. The first kappa shape index (κ1) is 21.7. The molecule has 1 saturated heterocycles. The number of hydrogen-bond acceptors (Lipinski definition) is 6. The van der Waals surface area contributed by atoms with Crippen molar-refractivity contribution in [2.75, 3.05) is 25.0 Å². The molecule has 31 heavy (non-hydrogen) atoms. The number of halogens is 1. The van der Waals surface area contributed by atoms with Crippen molar-refractivity contribution in [3.05, 3.63) is 41.8 Å². The molecule has 2 atom stereocenters. The smallest absolute Gasteiger partial charge is 0.409 e. The molecule has 1 aromatic carbocycles. The third-order valence-electron chi connectivity index (χ3n) is 4.92. The van der Waals surface area contributed by atoms with Gasteiger partial charge in [-0.1, -0.05) is 0 Å². The fourth-order valence-corrected chi connectivity index (χ4v) is 3.34. The van der Waals surface area contributed by atoms with Gasteiger partial charge in [-0.15, -0.1) is 12.3 Å². The predicted octanol–water partition coefficient (Wildman–Crippen LogP) is 2.41. The summed E-state index contributed by atoms with van der Waals surface area (Å²) in [7, 11) is 0. The van der Waals surface area contributed by atoms with Crippen LogP contribution in [0.2, 0.25) is 0 Å². The quantitative estimate of drug-likeness (QED) is 0.542. The van der Waals surface area contributed by atoms with Crippen LogP contribution in [0.4, 0.5) is 20.7 Å². The number of ether oxygens (including phenoxy) is 1. The van der Waals surface area contributed by atoms with E-state index in [1.54, 1.807) is 0 Å². The van der Waals surface area contributed by atoms with Gasteiger partial charge in [-0.05, 0) is 30.7 Å². The fraction of sp³-hybridized carbons (Fsp3) is 0.333. The Kier molecular flexibility index (Phi) is 6.73. The molecule has 1 aromatic heterocycles. The molecule has 1 fully saturated rings. The van der Waals surface area contributed by atoms with Crippen molar-refractivity contribution in [1.29, 1.82) is 5.26 Å². The van der Waals surface area contributed by atoms with Crippen molar-refractivity contribution < 1.29 is 18.7 Å². The molecule has 2 aromatic rings. The van der Waals surface area contributed by atoms with Gasteiger partial charge >= 0.3 is 6.09 Å². The van der Waals surface area contributed by atoms with E-state index in [9.17, 15) is 19.2 Å². The average Bonchev–Trinajstić information content (AvgIpc) is 3.19. The number of primary amides is 1. The van der Waals surface area contributed by atoms with Gasteiger partial charge in [0.2, 0.25) is 0 Å². The van der Waals surface area contributed by atoms with Crippen molar-refractivity contribution in [3.8, 4) is 18.4 Å². The molecule has 0 spiro atoms. The van der Waals surface area contributed by atoms with Crippen molar-refractivity contribution >= 4 is 23.5 Å². The summed E-state index contributed by atoms with van der Waals surface area (Å²) in [6, 6.07) is 7.37. The van der Waals surface area contributed by atoms with E-state index in [-0.39, 0.29) is 30.6 Å². The number of nitriles is 1. The lowest BCUT2D eigenvalue weighted by Crippen LogP contribution is -2.44. The Morgan fingerprint density at radius 3 is 2.77 bits per heavy atom. The largest absolute Gasteiger partial charge is 0.448 e. The van der Waals surface area contributed by atoms with E-state index in [4.69, 9.17) is 16.9 Å². The minimum Gasteiger partial charge on any atom is -0.448 e. The number of rotatable bonds is 6. The van der Waals surface area contributed by atoms with E-state index >= 15 is 0 Å². The Bertz CT molecular complexity index is 1040. The maximum Gasteiger partial charge on any atom is 0.409 e. The Hall–Kier alpha value is -4.05. The predicted molar refractivity (Wildman–Crippen MR) is 110 cm³/mol. The average molecular weight is 424 g/mol. The number of benzene rings is 1. The molecule has 0 aliphatic carbocycles. The number of carbonyl (C=O) groups is 2. The van der Waals surface area contributed by atoms with Crippen LogP contribution in [0.15, 0.2) is 30.5 Å². The number of nitrogens with zero attached hydrogens (tertiary/aromatic N) is 4. The zero-order chi connectivity index (χ0) is 22.4. The highest BCUT2D eigenvalue weighted by Crippen LogP contribution is 2.30. The molecule has 2 heterocycles. The van der Waals surface area contributed by atoms with Crippen LogP contribution >= 0.6 is 0 Å². The van der Waals surface area contributed by atoms with Gasteiger partial charge in [-0.2, -0.15) is 10.4 Å². The van der Waals surface area contributed by atoms with Crippen LogP contribution in [-0.4, -0.2) is 46.4 Å². The number of terminal acetylenes is 1. The summed E-state index contributed by atoms with van der Waals surface area (Å²) in [5, 5.41) is 17.0. The lowest BCUT2D eigenvalue weighted by atomic mass is 9.94. The van der Waals surface area contributed by atoms with Crippen molar-refractivity contribution in [2.45, 2.75) is 18.9 Å². The Morgan fingerprint density at radius 1 is 1.39 bits per heavy atom. The van der Waals surface area contributed by atoms with Crippen LogP contribution in [0.1, 0.15) is 29.2 Å². The van der Waals surface area contributed by atoms with Crippen molar-refractivity contribution in [1.82, 2.24) is 14.7 Å². The topological polar surface area (TPSA) is 126 Å². The number of amides is 2. The Labute approximate surface area is 178 Å². The second-order valence-electron chi connectivity index (χ2n) is 6.97. The molecule has 2 amide bonds. The summed E-state index contributed by atoms with van der Waals surface area (Å²) in [6.07, 6.45) is 6.85. The highest BCUT2D eigenvalue weighted by molar-refractivity contribution is 5.98. The second kappa shape index (κ2) is 9.63. The Balaban J connectivity index is 1.76. The van der Waals surface area contributed by atoms with Gasteiger partial charge < -0.3 is 20.7 Å². The number of likely N-dealkylation sites (tertiary alicyclic amines) is 1. The third-order valence-corrected chi connectivity index (χ3v) is 4.92.